The molecule has 1 aliphatic heterocycles. The van der Waals surface area contributed by atoms with Crippen LogP contribution >= 0.6 is 0 Å². The highest BCUT2D eigenvalue weighted by Crippen LogP contribution is 2.20. The van der Waals surface area contributed by atoms with Crippen molar-refractivity contribution in [3.63, 3.8) is 0 Å². The molecule has 4 heteroatoms. The van der Waals surface area contributed by atoms with Crippen LogP contribution < -0.4 is 4.74 Å². The molecular formula is C12H12O4. The van der Waals surface area contributed by atoms with Crippen molar-refractivity contribution in [2.75, 3.05) is 7.11 Å². The van der Waals surface area contributed by atoms with Gasteiger partial charge in [0.05, 0.1) is 7.11 Å². The SMILES string of the molecule is COc1ccc(C(=O)C2CCC(=O)O2)cc1. The van der Waals surface area contributed by atoms with Gasteiger partial charge in [-0.3, -0.25) is 9.59 Å². The normalized spacial score (nSPS) is 19.3. The molecule has 84 valence electrons. The summed E-state index contributed by atoms with van der Waals surface area (Å²) in [4.78, 5) is 22.8. The quantitative estimate of drug-likeness (QED) is 0.573. The van der Waals surface area contributed by atoms with Crippen molar-refractivity contribution in [1.82, 2.24) is 0 Å². The number of Topliss-reactive ketones (excluding diaryl/α,β-unsaturated/α-hetero) is 1. The van der Waals surface area contributed by atoms with Crippen LogP contribution in [-0.4, -0.2) is 25.0 Å². The first-order chi connectivity index (χ1) is 7.70. The van der Waals surface area contributed by atoms with Gasteiger partial charge in [-0.2, -0.15) is 0 Å². The number of carbonyl (C=O) groups is 2. The van der Waals surface area contributed by atoms with Crippen molar-refractivity contribution in [3.05, 3.63) is 29.8 Å². The number of ether oxygens (including phenoxy) is 2. The molecule has 0 bridgehead atoms. The Labute approximate surface area is 93.2 Å². The maximum Gasteiger partial charge on any atom is 0.306 e. The molecule has 1 fully saturated rings. The fourth-order valence-electron chi connectivity index (χ4n) is 1.65. The first-order valence-corrected chi connectivity index (χ1v) is 5.08. The summed E-state index contributed by atoms with van der Waals surface area (Å²) >= 11 is 0. The third-order valence-electron chi connectivity index (χ3n) is 2.55. The third kappa shape index (κ3) is 2.05. The smallest absolute Gasteiger partial charge is 0.306 e. The first-order valence-electron chi connectivity index (χ1n) is 5.08. The number of ketones is 1. The molecule has 0 amide bonds. The molecule has 1 unspecified atom stereocenters. The van der Waals surface area contributed by atoms with Gasteiger partial charge in [0, 0.05) is 18.4 Å². The average molecular weight is 220 g/mol. The van der Waals surface area contributed by atoms with Crippen LogP contribution in [0.1, 0.15) is 23.2 Å². The molecule has 4 nitrogen and oxygen atoms in total. The fraction of sp³-hybridized carbons (Fsp3) is 0.333. The van der Waals surface area contributed by atoms with E-state index in [-0.39, 0.29) is 11.8 Å². The minimum absolute atomic E-state index is 0.145. The second-order valence-corrected chi connectivity index (χ2v) is 3.61. The predicted molar refractivity (Wildman–Crippen MR) is 56.4 cm³/mol. The van der Waals surface area contributed by atoms with E-state index in [2.05, 4.69) is 0 Å². The highest BCUT2D eigenvalue weighted by atomic mass is 16.6. The van der Waals surface area contributed by atoms with E-state index >= 15 is 0 Å². The maximum atomic E-state index is 11.9. The number of benzene rings is 1. The van der Waals surface area contributed by atoms with Gasteiger partial charge in [0.25, 0.3) is 0 Å². The van der Waals surface area contributed by atoms with Crippen molar-refractivity contribution in [2.45, 2.75) is 18.9 Å². The molecule has 0 radical (unpaired) electrons. The summed E-state index contributed by atoms with van der Waals surface area (Å²) in [7, 11) is 1.57. The van der Waals surface area contributed by atoms with E-state index < -0.39 is 6.10 Å². The Balaban J connectivity index is 2.11. The summed E-state index contributed by atoms with van der Waals surface area (Å²) in [5.74, 6) is 0.250. The highest BCUT2D eigenvalue weighted by molar-refractivity contribution is 6.01. The van der Waals surface area contributed by atoms with Crippen LogP contribution in [0.4, 0.5) is 0 Å². The zero-order valence-corrected chi connectivity index (χ0v) is 8.93. The Morgan fingerprint density at radius 2 is 2.06 bits per heavy atom. The molecule has 0 spiro atoms. The summed E-state index contributed by atoms with van der Waals surface area (Å²) in [6.45, 7) is 0. The molecule has 1 atom stereocenters. The van der Waals surface area contributed by atoms with E-state index in [9.17, 15) is 9.59 Å². The standard InChI is InChI=1S/C12H12O4/c1-15-9-4-2-8(3-5-9)12(14)10-6-7-11(13)16-10/h2-5,10H,6-7H2,1H3. The van der Waals surface area contributed by atoms with Gasteiger partial charge in [-0.15, -0.1) is 0 Å². The lowest BCUT2D eigenvalue weighted by molar-refractivity contribution is -0.140. The van der Waals surface area contributed by atoms with Crippen LogP contribution in [0.25, 0.3) is 0 Å². The molecule has 1 saturated heterocycles. The maximum absolute atomic E-state index is 11.9. The minimum Gasteiger partial charge on any atom is -0.497 e. The third-order valence-corrected chi connectivity index (χ3v) is 2.55. The Hall–Kier alpha value is -1.84. The Kier molecular flexibility index (Phi) is 2.90. The molecule has 0 aromatic heterocycles. The molecule has 1 heterocycles. The van der Waals surface area contributed by atoms with Crippen LogP contribution in [0.3, 0.4) is 0 Å². The zero-order valence-electron chi connectivity index (χ0n) is 8.93. The summed E-state index contributed by atoms with van der Waals surface area (Å²) < 4.78 is 9.91. The Morgan fingerprint density at radius 3 is 2.56 bits per heavy atom. The van der Waals surface area contributed by atoms with Gasteiger partial charge in [-0.05, 0) is 24.3 Å². The van der Waals surface area contributed by atoms with Gasteiger partial charge >= 0.3 is 5.97 Å². The molecule has 0 N–H and O–H groups in total. The topological polar surface area (TPSA) is 52.6 Å². The number of esters is 1. The number of carbonyl (C=O) groups excluding carboxylic acids is 2. The average Bonchev–Trinajstić information content (AvgIpc) is 2.75. The van der Waals surface area contributed by atoms with E-state index in [1.807, 2.05) is 0 Å². The largest absolute Gasteiger partial charge is 0.497 e. The molecule has 0 aliphatic carbocycles. The van der Waals surface area contributed by atoms with E-state index in [0.717, 1.165) is 0 Å². The van der Waals surface area contributed by atoms with Crippen molar-refractivity contribution in [2.24, 2.45) is 0 Å². The van der Waals surface area contributed by atoms with Crippen LogP contribution in [0.15, 0.2) is 24.3 Å². The van der Waals surface area contributed by atoms with Gasteiger partial charge in [0.1, 0.15) is 5.75 Å². The zero-order chi connectivity index (χ0) is 11.5. The van der Waals surface area contributed by atoms with Crippen LogP contribution in [-0.2, 0) is 9.53 Å². The molecular weight excluding hydrogens is 208 g/mol. The second-order valence-electron chi connectivity index (χ2n) is 3.61. The van der Waals surface area contributed by atoms with E-state index in [4.69, 9.17) is 9.47 Å². The monoisotopic (exact) mass is 220 g/mol. The van der Waals surface area contributed by atoms with Crippen molar-refractivity contribution in [3.8, 4) is 5.75 Å². The molecule has 16 heavy (non-hydrogen) atoms. The lowest BCUT2D eigenvalue weighted by atomic mass is 10.0. The number of methoxy groups -OCH3 is 1. The molecule has 0 saturated carbocycles. The van der Waals surface area contributed by atoms with Crippen LogP contribution in [0.2, 0.25) is 0 Å². The van der Waals surface area contributed by atoms with Crippen LogP contribution in [0, 0.1) is 0 Å². The second kappa shape index (κ2) is 4.35. The summed E-state index contributed by atoms with van der Waals surface area (Å²) in [5.41, 5.74) is 0.542. The van der Waals surface area contributed by atoms with Crippen molar-refractivity contribution >= 4 is 11.8 Å². The molecule has 1 aliphatic rings. The summed E-state index contributed by atoms with van der Waals surface area (Å²) in [5, 5.41) is 0. The Morgan fingerprint density at radius 1 is 1.38 bits per heavy atom. The van der Waals surface area contributed by atoms with Gasteiger partial charge < -0.3 is 9.47 Å². The van der Waals surface area contributed by atoms with Gasteiger partial charge in [0.15, 0.2) is 6.10 Å². The lowest BCUT2D eigenvalue weighted by Gasteiger charge is -2.08. The fourth-order valence-corrected chi connectivity index (χ4v) is 1.65. The molecule has 1 aromatic carbocycles. The van der Waals surface area contributed by atoms with E-state index in [1.165, 1.54) is 0 Å². The minimum atomic E-state index is -0.610. The number of cyclic esters (lactones) is 1. The molecule has 1 aromatic rings. The van der Waals surface area contributed by atoms with E-state index in [1.54, 1.807) is 31.4 Å². The summed E-state index contributed by atoms with van der Waals surface area (Å²) in [6.07, 6.45) is 0.192. The van der Waals surface area contributed by atoms with Gasteiger partial charge in [-0.25, -0.2) is 0 Å². The first kappa shape index (κ1) is 10.7. The number of hydrogen-bond acceptors (Lipinski definition) is 4. The molecule has 2 rings (SSSR count). The lowest BCUT2D eigenvalue weighted by Crippen LogP contribution is -2.20. The number of rotatable bonds is 3. The van der Waals surface area contributed by atoms with Gasteiger partial charge in [-0.1, -0.05) is 0 Å². The summed E-state index contributed by atoms with van der Waals surface area (Å²) in [6, 6.07) is 6.77. The highest BCUT2D eigenvalue weighted by Gasteiger charge is 2.30. The number of hydrogen-bond donors (Lipinski definition) is 0. The van der Waals surface area contributed by atoms with Gasteiger partial charge in [0.2, 0.25) is 5.78 Å². The van der Waals surface area contributed by atoms with Crippen LogP contribution in [0.5, 0.6) is 5.75 Å². The predicted octanol–water partition coefficient (Wildman–Crippen LogP) is 1.58. The van der Waals surface area contributed by atoms with Crippen molar-refractivity contribution in [1.29, 1.82) is 0 Å². The van der Waals surface area contributed by atoms with E-state index in [0.29, 0.717) is 24.2 Å². The Bertz CT molecular complexity index is 408. The van der Waals surface area contributed by atoms with Crippen molar-refractivity contribution < 1.29 is 19.1 Å².